The lowest BCUT2D eigenvalue weighted by molar-refractivity contribution is 0.622. The van der Waals surface area contributed by atoms with Crippen LogP contribution in [0.2, 0.25) is 0 Å². The zero-order valence-electron chi connectivity index (χ0n) is 14.8. The highest BCUT2D eigenvalue weighted by molar-refractivity contribution is 7.98. The second-order valence-corrected chi connectivity index (χ2v) is 7.29. The topological polar surface area (TPSA) is 34.9 Å². The molecule has 0 N–H and O–H groups in total. The van der Waals surface area contributed by atoms with Crippen molar-refractivity contribution in [3.05, 3.63) is 106 Å². The average molecular weight is 394 g/mol. The summed E-state index contributed by atoms with van der Waals surface area (Å²) in [5.74, 6) is -0.145. The van der Waals surface area contributed by atoms with Gasteiger partial charge in [0.25, 0.3) is 5.56 Å². The van der Waals surface area contributed by atoms with Gasteiger partial charge in [-0.25, -0.2) is 13.8 Å². The Kier molecular flexibility index (Phi) is 5.21. The first-order valence-electron chi connectivity index (χ1n) is 8.71. The van der Waals surface area contributed by atoms with Gasteiger partial charge in [0, 0.05) is 5.75 Å². The maximum atomic E-state index is 13.5. The molecule has 140 valence electrons. The number of nitrogens with zero attached hydrogens (tertiary/aromatic N) is 2. The highest BCUT2D eigenvalue weighted by atomic mass is 32.2. The van der Waals surface area contributed by atoms with Gasteiger partial charge in [-0.3, -0.25) is 9.36 Å². The number of hydrogen-bond donors (Lipinski definition) is 0. The summed E-state index contributed by atoms with van der Waals surface area (Å²) in [5, 5.41) is 1.07. The molecule has 6 heteroatoms. The van der Waals surface area contributed by atoms with Crippen molar-refractivity contribution in [2.45, 2.75) is 17.5 Å². The molecule has 0 aliphatic carbocycles. The van der Waals surface area contributed by atoms with Crippen molar-refractivity contribution < 1.29 is 8.78 Å². The van der Waals surface area contributed by atoms with Gasteiger partial charge >= 0.3 is 0 Å². The molecule has 1 aromatic heterocycles. The zero-order valence-corrected chi connectivity index (χ0v) is 15.6. The summed E-state index contributed by atoms with van der Waals surface area (Å²) < 4.78 is 28.3. The summed E-state index contributed by atoms with van der Waals surface area (Å²) in [6.45, 7) is 0.280. The average Bonchev–Trinajstić information content (AvgIpc) is 2.70. The van der Waals surface area contributed by atoms with Crippen molar-refractivity contribution in [2.75, 3.05) is 0 Å². The SMILES string of the molecule is O=c1c2ccccc2nc(SCc2cccc(F)c2)n1Cc1ccc(F)cc1. The molecule has 3 aromatic carbocycles. The van der Waals surface area contributed by atoms with Gasteiger partial charge in [-0.05, 0) is 47.5 Å². The fourth-order valence-electron chi connectivity index (χ4n) is 2.94. The monoisotopic (exact) mass is 394 g/mol. The summed E-state index contributed by atoms with van der Waals surface area (Å²) in [4.78, 5) is 17.7. The minimum atomic E-state index is -0.326. The number of thioether (sulfide) groups is 1. The van der Waals surface area contributed by atoms with Gasteiger partial charge in [-0.1, -0.05) is 48.2 Å². The molecule has 0 saturated heterocycles. The Morgan fingerprint density at radius 1 is 0.857 bits per heavy atom. The Labute approximate surface area is 164 Å². The maximum Gasteiger partial charge on any atom is 0.262 e. The smallest absolute Gasteiger partial charge is 0.262 e. The molecule has 0 atom stereocenters. The van der Waals surface area contributed by atoms with Gasteiger partial charge in [0.15, 0.2) is 5.16 Å². The quantitative estimate of drug-likeness (QED) is 0.352. The van der Waals surface area contributed by atoms with Crippen molar-refractivity contribution in [3.8, 4) is 0 Å². The molecule has 0 amide bonds. The van der Waals surface area contributed by atoms with E-state index < -0.39 is 0 Å². The van der Waals surface area contributed by atoms with Crippen LogP contribution in [0.4, 0.5) is 8.78 Å². The Morgan fingerprint density at radius 2 is 1.64 bits per heavy atom. The number of fused-ring (bicyclic) bond motifs is 1. The van der Waals surface area contributed by atoms with E-state index in [4.69, 9.17) is 0 Å². The first-order valence-corrected chi connectivity index (χ1v) is 9.70. The first kappa shape index (κ1) is 18.4. The minimum Gasteiger partial charge on any atom is -0.283 e. The van der Waals surface area contributed by atoms with Crippen LogP contribution in [0.1, 0.15) is 11.1 Å². The molecule has 0 saturated carbocycles. The van der Waals surface area contributed by atoms with Crippen LogP contribution in [0, 0.1) is 11.6 Å². The Morgan fingerprint density at radius 3 is 2.43 bits per heavy atom. The number of halogens is 2. The van der Waals surface area contributed by atoms with E-state index in [2.05, 4.69) is 4.98 Å². The van der Waals surface area contributed by atoms with Crippen molar-refractivity contribution in [1.82, 2.24) is 9.55 Å². The fourth-order valence-corrected chi connectivity index (χ4v) is 3.89. The third kappa shape index (κ3) is 3.97. The first-order chi connectivity index (χ1) is 13.6. The van der Waals surface area contributed by atoms with Crippen LogP contribution in [0.15, 0.2) is 82.7 Å². The van der Waals surface area contributed by atoms with E-state index in [0.717, 1.165) is 11.1 Å². The van der Waals surface area contributed by atoms with E-state index in [1.54, 1.807) is 41.0 Å². The number of rotatable bonds is 5. The molecule has 3 nitrogen and oxygen atoms in total. The molecule has 0 fully saturated rings. The standard InChI is InChI=1S/C22H16F2N2OS/c23-17-10-8-15(9-11-17)13-26-21(27)19-6-1-2-7-20(19)25-22(26)28-14-16-4-3-5-18(24)12-16/h1-12H,13-14H2. The highest BCUT2D eigenvalue weighted by Crippen LogP contribution is 2.23. The third-order valence-corrected chi connectivity index (χ3v) is 5.39. The molecule has 0 unspecified atom stereocenters. The molecular formula is C22H16F2N2OS. The van der Waals surface area contributed by atoms with Gasteiger partial charge in [-0.15, -0.1) is 0 Å². The molecule has 0 bridgehead atoms. The highest BCUT2D eigenvalue weighted by Gasteiger charge is 2.12. The minimum absolute atomic E-state index is 0.156. The van der Waals surface area contributed by atoms with E-state index >= 15 is 0 Å². The molecule has 4 rings (SSSR count). The van der Waals surface area contributed by atoms with Crippen LogP contribution in [0.5, 0.6) is 0 Å². The number of para-hydroxylation sites is 1. The van der Waals surface area contributed by atoms with Crippen LogP contribution in [-0.2, 0) is 12.3 Å². The Balaban J connectivity index is 1.74. The molecular weight excluding hydrogens is 378 g/mol. The van der Waals surface area contributed by atoms with Gasteiger partial charge in [0.1, 0.15) is 11.6 Å². The lowest BCUT2D eigenvalue weighted by Gasteiger charge is -2.13. The number of aromatic nitrogens is 2. The molecule has 28 heavy (non-hydrogen) atoms. The number of benzene rings is 3. The fraction of sp³-hybridized carbons (Fsp3) is 0.0909. The predicted octanol–water partition coefficient (Wildman–Crippen LogP) is 5.02. The van der Waals surface area contributed by atoms with Crippen molar-refractivity contribution >= 4 is 22.7 Å². The summed E-state index contributed by atoms with van der Waals surface area (Å²) in [6.07, 6.45) is 0. The summed E-state index contributed by atoms with van der Waals surface area (Å²) >= 11 is 1.37. The van der Waals surface area contributed by atoms with Crippen molar-refractivity contribution in [3.63, 3.8) is 0 Å². The molecule has 0 aliphatic heterocycles. The molecule has 0 aliphatic rings. The summed E-state index contributed by atoms with van der Waals surface area (Å²) in [7, 11) is 0. The van der Waals surface area contributed by atoms with E-state index in [0.29, 0.717) is 21.8 Å². The summed E-state index contributed by atoms with van der Waals surface area (Å²) in [6, 6.07) is 19.6. The Hall–Kier alpha value is -2.99. The largest absolute Gasteiger partial charge is 0.283 e. The van der Waals surface area contributed by atoms with E-state index in [1.165, 1.54) is 36.0 Å². The van der Waals surface area contributed by atoms with Gasteiger partial charge in [-0.2, -0.15) is 0 Å². The third-order valence-electron chi connectivity index (χ3n) is 4.34. The van der Waals surface area contributed by atoms with Crippen molar-refractivity contribution in [1.29, 1.82) is 0 Å². The lowest BCUT2D eigenvalue weighted by atomic mass is 10.2. The Bertz CT molecular complexity index is 1190. The predicted molar refractivity (Wildman–Crippen MR) is 107 cm³/mol. The van der Waals surface area contributed by atoms with Crippen LogP contribution in [0.3, 0.4) is 0 Å². The van der Waals surface area contributed by atoms with Gasteiger partial charge in [0.05, 0.1) is 17.4 Å². The van der Waals surface area contributed by atoms with E-state index in [-0.39, 0.29) is 23.7 Å². The zero-order chi connectivity index (χ0) is 19.5. The second-order valence-electron chi connectivity index (χ2n) is 6.35. The normalized spacial score (nSPS) is 11.1. The van der Waals surface area contributed by atoms with E-state index in [9.17, 15) is 13.6 Å². The maximum absolute atomic E-state index is 13.5. The summed E-state index contributed by atoms with van der Waals surface area (Å²) in [5.41, 5.74) is 2.06. The van der Waals surface area contributed by atoms with Gasteiger partial charge in [0.2, 0.25) is 0 Å². The number of hydrogen-bond acceptors (Lipinski definition) is 3. The second kappa shape index (κ2) is 7.94. The van der Waals surface area contributed by atoms with Crippen molar-refractivity contribution in [2.24, 2.45) is 0 Å². The van der Waals surface area contributed by atoms with Crippen LogP contribution < -0.4 is 5.56 Å². The van der Waals surface area contributed by atoms with Crippen LogP contribution in [-0.4, -0.2) is 9.55 Å². The molecule has 0 radical (unpaired) electrons. The van der Waals surface area contributed by atoms with Crippen LogP contribution in [0.25, 0.3) is 10.9 Å². The molecule has 4 aromatic rings. The van der Waals surface area contributed by atoms with E-state index in [1.807, 2.05) is 12.1 Å². The van der Waals surface area contributed by atoms with Gasteiger partial charge < -0.3 is 0 Å². The lowest BCUT2D eigenvalue weighted by Crippen LogP contribution is -2.24. The molecule has 1 heterocycles. The van der Waals surface area contributed by atoms with Crippen LogP contribution >= 0.6 is 11.8 Å². The molecule has 0 spiro atoms.